The number of nitrogen functional groups attached to an aromatic ring is 1. The minimum atomic E-state index is 0.385. The average Bonchev–Trinajstić information content (AvgIpc) is 3.24. The molecule has 0 radical (unpaired) electrons. The molecule has 1 heterocycles. The maximum atomic E-state index is 5.52. The van der Waals surface area contributed by atoms with Crippen molar-refractivity contribution in [2.45, 2.75) is 39.5 Å². The largest absolute Gasteiger partial charge is 0.385 e. The lowest BCUT2D eigenvalue weighted by molar-refractivity contribution is 0.175. The first-order valence-corrected chi connectivity index (χ1v) is 7.21. The van der Waals surface area contributed by atoms with Gasteiger partial charge in [0.2, 0.25) is 0 Å². The van der Waals surface area contributed by atoms with Crippen molar-refractivity contribution in [3.05, 3.63) is 11.4 Å². The number of hydrazine groups is 1. The first-order valence-electron chi connectivity index (χ1n) is 7.21. The summed E-state index contributed by atoms with van der Waals surface area (Å²) in [4.78, 5) is 8.93. The van der Waals surface area contributed by atoms with Crippen molar-refractivity contribution in [3.8, 4) is 0 Å². The molecule has 1 saturated carbocycles. The molecule has 20 heavy (non-hydrogen) atoms. The van der Waals surface area contributed by atoms with Crippen molar-refractivity contribution < 1.29 is 4.74 Å². The summed E-state index contributed by atoms with van der Waals surface area (Å²) in [7, 11) is 1.75. The molecule has 1 aromatic rings. The zero-order valence-electron chi connectivity index (χ0n) is 12.6. The normalized spacial score (nSPS) is 16.0. The van der Waals surface area contributed by atoms with E-state index in [1.165, 1.54) is 12.8 Å². The van der Waals surface area contributed by atoms with E-state index < -0.39 is 0 Å². The Balaban J connectivity index is 2.05. The molecular weight excluding hydrogens is 254 g/mol. The standard InChI is InChI=1S/C14H25N5O/c1-4-11-17-12(10(2)13(18-11)19-15)16-9-14(5-6-14)7-8-20-3/h4-9,15H2,1-3H3,(H2,16,17,18,19). The van der Waals surface area contributed by atoms with Crippen LogP contribution in [-0.4, -0.2) is 30.2 Å². The van der Waals surface area contributed by atoms with Crippen LogP contribution in [-0.2, 0) is 11.2 Å². The lowest BCUT2D eigenvalue weighted by Crippen LogP contribution is -2.20. The van der Waals surface area contributed by atoms with Crippen LogP contribution in [0.5, 0.6) is 0 Å². The second-order valence-corrected chi connectivity index (χ2v) is 5.56. The van der Waals surface area contributed by atoms with Gasteiger partial charge in [-0.25, -0.2) is 15.8 Å². The third-order valence-corrected chi connectivity index (χ3v) is 4.07. The highest BCUT2D eigenvalue weighted by atomic mass is 16.5. The fourth-order valence-corrected chi connectivity index (χ4v) is 2.32. The van der Waals surface area contributed by atoms with E-state index in [1.807, 2.05) is 13.8 Å². The van der Waals surface area contributed by atoms with Crippen molar-refractivity contribution in [1.82, 2.24) is 9.97 Å². The lowest BCUT2D eigenvalue weighted by Gasteiger charge is -2.18. The summed E-state index contributed by atoms with van der Waals surface area (Å²) in [5, 5.41) is 3.47. The summed E-state index contributed by atoms with van der Waals surface area (Å²) in [5.41, 5.74) is 4.00. The van der Waals surface area contributed by atoms with Gasteiger partial charge >= 0.3 is 0 Å². The van der Waals surface area contributed by atoms with Crippen molar-refractivity contribution >= 4 is 11.6 Å². The van der Waals surface area contributed by atoms with Crippen molar-refractivity contribution in [2.75, 3.05) is 31.0 Å². The van der Waals surface area contributed by atoms with E-state index in [0.29, 0.717) is 11.2 Å². The van der Waals surface area contributed by atoms with Gasteiger partial charge in [0.05, 0.1) is 0 Å². The zero-order chi connectivity index (χ0) is 14.6. The number of hydrogen-bond donors (Lipinski definition) is 3. The summed E-state index contributed by atoms with van der Waals surface area (Å²) >= 11 is 0. The highest BCUT2D eigenvalue weighted by Crippen LogP contribution is 2.48. The number of aromatic nitrogens is 2. The molecule has 1 fully saturated rings. The summed E-state index contributed by atoms with van der Waals surface area (Å²) in [5.74, 6) is 7.90. The third-order valence-electron chi connectivity index (χ3n) is 4.07. The van der Waals surface area contributed by atoms with E-state index >= 15 is 0 Å². The minimum absolute atomic E-state index is 0.385. The molecule has 0 atom stereocenters. The quantitative estimate of drug-likeness (QED) is 0.497. The number of nitrogens with one attached hydrogen (secondary N) is 2. The SMILES string of the molecule is CCc1nc(NN)c(C)c(NCC2(CCOC)CC2)n1. The number of hydrogen-bond acceptors (Lipinski definition) is 6. The van der Waals surface area contributed by atoms with Gasteiger partial charge in [0.1, 0.15) is 17.5 Å². The number of nitrogens with two attached hydrogens (primary N) is 1. The van der Waals surface area contributed by atoms with Crippen LogP contribution in [0.15, 0.2) is 0 Å². The van der Waals surface area contributed by atoms with Crippen LogP contribution in [0.3, 0.4) is 0 Å². The Bertz CT molecular complexity index is 459. The Morgan fingerprint density at radius 3 is 2.55 bits per heavy atom. The number of aryl methyl sites for hydroxylation is 1. The maximum absolute atomic E-state index is 5.52. The molecule has 1 aliphatic rings. The average molecular weight is 279 g/mol. The van der Waals surface area contributed by atoms with Crippen molar-refractivity contribution in [2.24, 2.45) is 11.3 Å². The molecule has 0 unspecified atom stereocenters. The van der Waals surface area contributed by atoms with Gasteiger partial charge in [-0.15, -0.1) is 0 Å². The second-order valence-electron chi connectivity index (χ2n) is 5.56. The molecule has 0 aliphatic heterocycles. The van der Waals surface area contributed by atoms with E-state index in [9.17, 15) is 0 Å². The maximum Gasteiger partial charge on any atom is 0.148 e. The van der Waals surface area contributed by atoms with E-state index in [0.717, 1.165) is 43.2 Å². The second kappa shape index (κ2) is 6.37. The Hall–Kier alpha value is -1.40. The van der Waals surface area contributed by atoms with E-state index in [2.05, 4.69) is 20.7 Å². The van der Waals surface area contributed by atoms with Crippen LogP contribution in [0, 0.1) is 12.3 Å². The summed E-state index contributed by atoms with van der Waals surface area (Å²) in [6, 6.07) is 0. The van der Waals surface area contributed by atoms with Crippen LogP contribution in [0.4, 0.5) is 11.6 Å². The molecule has 0 saturated heterocycles. The molecule has 0 bridgehead atoms. The Kier molecular flexibility index (Phi) is 4.77. The molecular formula is C14H25N5O. The van der Waals surface area contributed by atoms with Crippen molar-refractivity contribution in [1.29, 1.82) is 0 Å². The van der Waals surface area contributed by atoms with Gasteiger partial charge < -0.3 is 15.5 Å². The molecule has 4 N–H and O–H groups in total. The van der Waals surface area contributed by atoms with Gasteiger partial charge in [-0.3, -0.25) is 0 Å². The smallest absolute Gasteiger partial charge is 0.148 e. The van der Waals surface area contributed by atoms with Crippen LogP contribution in [0.2, 0.25) is 0 Å². The summed E-state index contributed by atoms with van der Waals surface area (Å²) < 4.78 is 5.19. The van der Waals surface area contributed by atoms with Crippen LogP contribution in [0.25, 0.3) is 0 Å². The molecule has 0 amide bonds. The van der Waals surface area contributed by atoms with Crippen LogP contribution in [0.1, 0.15) is 37.6 Å². The highest BCUT2D eigenvalue weighted by Gasteiger charge is 2.41. The predicted molar refractivity (Wildman–Crippen MR) is 80.6 cm³/mol. The van der Waals surface area contributed by atoms with Gasteiger partial charge in [0.25, 0.3) is 0 Å². The lowest BCUT2D eigenvalue weighted by atomic mass is 10.0. The Morgan fingerprint density at radius 2 is 2.00 bits per heavy atom. The first-order chi connectivity index (χ1) is 9.64. The molecule has 1 aromatic heterocycles. The van der Waals surface area contributed by atoms with Gasteiger partial charge in [-0.1, -0.05) is 6.92 Å². The predicted octanol–water partition coefficient (Wildman–Crippen LogP) is 1.86. The van der Waals surface area contributed by atoms with E-state index in [1.54, 1.807) is 7.11 Å². The number of nitrogens with zero attached hydrogens (tertiary/aromatic N) is 2. The van der Waals surface area contributed by atoms with E-state index in [-0.39, 0.29) is 0 Å². The van der Waals surface area contributed by atoms with Crippen molar-refractivity contribution in [3.63, 3.8) is 0 Å². The molecule has 0 spiro atoms. The molecule has 6 nitrogen and oxygen atoms in total. The Labute approximate surface area is 120 Å². The fraction of sp³-hybridized carbons (Fsp3) is 0.714. The minimum Gasteiger partial charge on any atom is -0.385 e. The topological polar surface area (TPSA) is 85.1 Å². The number of anilines is 2. The van der Waals surface area contributed by atoms with Gasteiger partial charge in [-0.05, 0) is 31.6 Å². The third kappa shape index (κ3) is 3.37. The molecule has 6 heteroatoms. The highest BCUT2D eigenvalue weighted by molar-refractivity contribution is 5.56. The van der Waals surface area contributed by atoms with E-state index in [4.69, 9.17) is 10.6 Å². The number of methoxy groups -OCH3 is 1. The fourth-order valence-electron chi connectivity index (χ4n) is 2.32. The summed E-state index contributed by atoms with van der Waals surface area (Å²) in [6.45, 7) is 5.77. The van der Waals surface area contributed by atoms with Gasteiger partial charge in [0, 0.05) is 32.2 Å². The number of rotatable bonds is 8. The first kappa shape index (κ1) is 15.0. The molecule has 112 valence electrons. The van der Waals surface area contributed by atoms with Gasteiger partial charge in [0.15, 0.2) is 0 Å². The monoisotopic (exact) mass is 279 g/mol. The Morgan fingerprint density at radius 1 is 1.30 bits per heavy atom. The number of ether oxygens (including phenoxy) is 1. The summed E-state index contributed by atoms with van der Waals surface area (Å²) in [6.07, 6.45) is 4.41. The van der Waals surface area contributed by atoms with Crippen LogP contribution >= 0.6 is 0 Å². The molecule has 2 rings (SSSR count). The zero-order valence-corrected chi connectivity index (χ0v) is 12.6. The van der Waals surface area contributed by atoms with Crippen LogP contribution < -0.4 is 16.6 Å². The van der Waals surface area contributed by atoms with Gasteiger partial charge in [-0.2, -0.15) is 0 Å². The molecule has 0 aromatic carbocycles. The molecule has 1 aliphatic carbocycles.